The predicted octanol–water partition coefficient (Wildman–Crippen LogP) is 6.43. The molecule has 0 unspecified atom stereocenters. The lowest BCUT2D eigenvalue weighted by molar-refractivity contribution is -0.127. The highest BCUT2D eigenvalue weighted by atomic mass is 35.5. The van der Waals surface area contributed by atoms with Crippen molar-refractivity contribution in [1.82, 2.24) is 9.47 Å². The molecule has 7 heteroatoms. The third-order valence-electron chi connectivity index (χ3n) is 6.32. The molecule has 1 aliphatic heterocycles. The van der Waals surface area contributed by atoms with Gasteiger partial charge in [0, 0.05) is 28.6 Å². The lowest BCUT2D eigenvalue weighted by Crippen LogP contribution is -2.56. The number of carbonyl (C=O) groups is 2. The standard InChI is InChI=1S/C28H28ClN3O2S/c1-6-30-26(33)25(27(34)32(28(30)35)24-13-9-22(29)10-14-24)16-21-15-18(4)31(19(21)5)23-11-7-20(8-12-23)17(2)3/h7-17H,6H2,1-5H3/b25-16+. The van der Waals surface area contributed by atoms with Gasteiger partial charge in [0.05, 0.1) is 5.69 Å². The summed E-state index contributed by atoms with van der Waals surface area (Å²) in [4.78, 5) is 29.7. The third kappa shape index (κ3) is 4.56. The first kappa shape index (κ1) is 24.9. The summed E-state index contributed by atoms with van der Waals surface area (Å²) < 4.78 is 2.13. The van der Waals surface area contributed by atoms with Crippen molar-refractivity contribution in [3.8, 4) is 5.69 Å². The van der Waals surface area contributed by atoms with Crippen LogP contribution < -0.4 is 4.90 Å². The van der Waals surface area contributed by atoms with Crippen LogP contribution in [0.3, 0.4) is 0 Å². The number of aromatic nitrogens is 1. The Hall–Kier alpha value is -3.22. The van der Waals surface area contributed by atoms with Gasteiger partial charge in [-0.25, -0.2) is 0 Å². The quantitative estimate of drug-likeness (QED) is 0.228. The smallest absolute Gasteiger partial charge is 0.270 e. The molecule has 1 saturated heterocycles. The van der Waals surface area contributed by atoms with E-state index in [9.17, 15) is 9.59 Å². The summed E-state index contributed by atoms with van der Waals surface area (Å²) in [6, 6.07) is 17.3. The zero-order valence-corrected chi connectivity index (χ0v) is 22.1. The van der Waals surface area contributed by atoms with Crippen molar-refractivity contribution in [2.45, 2.75) is 40.5 Å². The fraction of sp³-hybridized carbons (Fsp3) is 0.250. The molecule has 0 aliphatic carbocycles. The summed E-state index contributed by atoms with van der Waals surface area (Å²) in [7, 11) is 0. The van der Waals surface area contributed by atoms with Gasteiger partial charge in [-0.05, 0) is 98.6 Å². The Morgan fingerprint density at radius 3 is 2.11 bits per heavy atom. The van der Waals surface area contributed by atoms with Gasteiger partial charge in [-0.1, -0.05) is 37.6 Å². The van der Waals surface area contributed by atoms with Crippen LogP contribution >= 0.6 is 23.8 Å². The highest BCUT2D eigenvalue weighted by molar-refractivity contribution is 7.80. The molecule has 1 aliphatic rings. The van der Waals surface area contributed by atoms with E-state index in [1.54, 1.807) is 30.3 Å². The molecular weight excluding hydrogens is 478 g/mol. The van der Waals surface area contributed by atoms with Gasteiger partial charge in [-0.3, -0.25) is 19.4 Å². The first-order valence-corrected chi connectivity index (χ1v) is 12.4. The van der Waals surface area contributed by atoms with Gasteiger partial charge >= 0.3 is 0 Å². The molecule has 2 amide bonds. The number of benzene rings is 2. The average Bonchev–Trinajstić information content (AvgIpc) is 3.11. The maximum Gasteiger partial charge on any atom is 0.270 e. The van der Waals surface area contributed by atoms with E-state index in [2.05, 4.69) is 42.7 Å². The maximum atomic E-state index is 13.6. The van der Waals surface area contributed by atoms with Gasteiger partial charge in [-0.15, -0.1) is 0 Å². The Balaban J connectivity index is 1.78. The number of likely N-dealkylation sites (N-methyl/N-ethyl adjacent to an activating group) is 1. The monoisotopic (exact) mass is 505 g/mol. The number of rotatable bonds is 5. The number of hydrogen-bond acceptors (Lipinski definition) is 3. The Bertz CT molecular complexity index is 1340. The second kappa shape index (κ2) is 9.80. The lowest BCUT2D eigenvalue weighted by atomic mass is 10.0. The maximum absolute atomic E-state index is 13.6. The van der Waals surface area contributed by atoms with Crippen LogP contribution in [0.15, 0.2) is 60.2 Å². The van der Waals surface area contributed by atoms with Crippen LogP contribution in [0.1, 0.15) is 49.2 Å². The van der Waals surface area contributed by atoms with E-state index >= 15 is 0 Å². The van der Waals surface area contributed by atoms with Crippen LogP contribution in [0.4, 0.5) is 5.69 Å². The summed E-state index contributed by atoms with van der Waals surface area (Å²) in [5, 5.41) is 0.717. The van der Waals surface area contributed by atoms with Crippen molar-refractivity contribution in [3.05, 3.63) is 87.7 Å². The SMILES string of the molecule is CCN1C(=O)/C(=C\c2cc(C)n(-c3ccc(C(C)C)cc3)c2C)C(=O)N(c2ccc(Cl)cc2)C1=S. The molecule has 0 atom stereocenters. The minimum atomic E-state index is -0.446. The van der Waals surface area contributed by atoms with E-state index in [0.29, 0.717) is 23.2 Å². The number of halogens is 1. The fourth-order valence-electron chi connectivity index (χ4n) is 4.37. The Kier molecular flexibility index (Phi) is 6.97. The Labute approximate surface area is 216 Å². The van der Waals surface area contributed by atoms with E-state index in [0.717, 1.165) is 22.6 Å². The zero-order valence-electron chi connectivity index (χ0n) is 20.5. The van der Waals surface area contributed by atoms with Crippen LogP contribution in [-0.2, 0) is 9.59 Å². The first-order chi connectivity index (χ1) is 16.6. The number of thiocarbonyl (C=S) groups is 1. The van der Waals surface area contributed by atoms with Gasteiger partial charge in [0.15, 0.2) is 5.11 Å². The number of anilines is 1. The van der Waals surface area contributed by atoms with E-state index in [1.165, 1.54) is 15.4 Å². The molecule has 2 aromatic carbocycles. The lowest BCUT2D eigenvalue weighted by Gasteiger charge is -2.36. The summed E-state index contributed by atoms with van der Waals surface area (Å²) >= 11 is 11.6. The minimum absolute atomic E-state index is 0.0748. The molecule has 1 fully saturated rings. The molecule has 180 valence electrons. The Morgan fingerprint density at radius 2 is 1.54 bits per heavy atom. The van der Waals surface area contributed by atoms with Crippen molar-refractivity contribution < 1.29 is 9.59 Å². The van der Waals surface area contributed by atoms with Crippen molar-refractivity contribution in [2.75, 3.05) is 11.4 Å². The number of nitrogens with zero attached hydrogens (tertiary/aromatic N) is 3. The van der Waals surface area contributed by atoms with Crippen LogP contribution in [0.5, 0.6) is 0 Å². The van der Waals surface area contributed by atoms with Crippen LogP contribution in [0.2, 0.25) is 5.02 Å². The fourth-order valence-corrected chi connectivity index (χ4v) is 4.89. The molecule has 1 aromatic heterocycles. The molecule has 2 heterocycles. The molecule has 5 nitrogen and oxygen atoms in total. The normalized spacial score (nSPS) is 15.6. The van der Waals surface area contributed by atoms with Crippen molar-refractivity contribution >= 4 is 52.5 Å². The van der Waals surface area contributed by atoms with Gasteiger partial charge in [-0.2, -0.15) is 0 Å². The predicted molar refractivity (Wildman–Crippen MR) is 146 cm³/mol. The Morgan fingerprint density at radius 1 is 0.943 bits per heavy atom. The van der Waals surface area contributed by atoms with E-state index in [1.807, 2.05) is 26.8 Å². The summed E-state index contributed by atoms with van der Waals surface area (Å²) in [6.07, 6.45) is 1.68. The van der Waals surface area contributed by atoms with E-state index < -0.39 is 5.91 Å². The average molecular weight is 506 g/mol. The molecule has 0 bridgehead atoms. The number of hydrogen-bond donors (Lipinski definition) is 0. The number of amides is 2. The summed E-state index contributed by atoms with van der Waals surface area (Å²) in [5.41, 5.74) is 5.72. The van der Waals surface area contributed by atoms with Crippen molar-refractivity contribution in [3.63, 3.8) is 0 Å². The molecule has 0 radical (unpaired) electrons. The molecule has 35 heavy (non-hydrogen) atoms. The van der Waals surface area contributed by atoms with Gasteiger partial charge in [0.25, 0.3) is 11.8 Å². The van der Waals surface area contributed by atoms with Crippen LogP contribution in [-0.4, -0.2) is 32.9 Å². The van der Waals surface area contributed by atoms with Crippen molar-refractivity contribution in [2.24, 2.45) is 0 Å². The molecular formula is C28H28ClN3O2S. The topological polar surface area (TPSA) is 45.6 Å². The minimum Gasteiger partial charge on any atom is -0.318 e. The molecule has 0 saturated carbocycles. The number of carbonyl (C=O) groups excluding carboxylic acids is 2. The second-order valence-electron chi connectivity index (χ2n) is 8.92. The second-order valence-corrected chi connectivity index (χ2v) is 9.72. The third-order valence-corrected chi connectivity index (χ3v) is 6.98. The molecule has 0 spiro atoms. The highest BCUT2D eigenvalue weighted by Gasteiger charge is 2.39. The zero-order chi connectivity index (χ0) is 25.4. The van der Waals surface area contributed by atoms with Gasteiger partial charge in [0.2, 0.25) is 0 Å². The van der Waals surface area contributed by atoms with Crippen molar-refractivity contribution in [1.29, 1.82) is 0 Å². The summed E-state index contributed by atoms with van der Waals surface area (Å²) in [5.74, 6) is -0.382. The van der Waals surface area contributed by atoms with Gasteiger partial charge < -0.3 is 4.57 Å². The van der Waals surface area contributed by atoms with Crippen LogP contribution in [0.25, 0.3) is 11.8 Å². The summed E-state index contributed by atoms with van der Waals surface area (Å²) in [6.45, 7) is 10.5. The first-order valence-electron chi connectivity index (χ1n) is 11.6. The van der Waals surface area contributed by atoms with Crippen LogP contribution in [0, 0.1) is 13.8 Å². The highest BCUT2D eigenvalue weighted by Crippen LogP contribution is 2.29. The molecule has 0 N–H and O–H groups in total. The molecule has 3 aromatic rings. The largest absolute Gasteiger partial charge is 0.318 e. The van der Waals surface area contributed by atoms with E-state index in [-0.39, 0.29) is 16.6 Å². The van der Waals surface area contributed by atoms with Gasteiger partial charge in [0.1, 0.15) is 5.57 Å². The molecule has 4 rings (SSSR count). The van der Waals surface area contributed by atoms with E-state index in [4.69, 9.17) is 23.8 Å². The number of aryl methyl sites for hydroxylation is 1.